The summed E-state index contributed by atoms with van der Waals surface area (Å²) < 4.78 is 20.2. The highest BCUT2D eigenvalue weighted by Gasteiger charge is 2.22. The van der Waals surface area contributed by atoms with Gasteiger partial charge in [-0.2, -0.15) is 0 Å². The molecule has 1 heterocycles. The first-order valence-electron chi connectivity index (χ1n) is 6.85. The van der Waals surface area contributed by atoms with E-state index in [1.54, 1.807) is 31.5 Å². The number of hydrogen-bond donors (Lipinski definition) is 1. The maximum Gasteiger partial charge on any atom is 0.142 e. The Morgan fingerprint density at radius 3 is 2.86 bits per heavy atom. The smallest absolute Gasteiger partial charge is 0.142 e. The molecule has 3 nitrogen and oxygen atoms in total. The van der Waals surface area contributed by atoms with Crippen LogP contribution in [-0.4, -0.2) is 18.6 Å². The summed E-state index contributed by atoms with van der Waals surface area (Å²) in [5.74, 6) is 0.365. The van der Waals surface area contributed by atoms with Gasteiger partial charge in [-0.25, -0.2) is 4.39 Å². The first kappa shape index (κ1) is 15.9. The van der Waals surface area contributed by atoms with Gasteiger partial charge in [0.15, 0.2) is 0 Å². The van der Waals surface area contributed by atoms with Crippen molar-refractivity contribution < 1.29 is 9.13 Å². The lowest BCUT2D eigenvalue weighted by atomic mass is 10.0. The first-order chi connectivity index (χ1) is 10.2. The van der Waals surface area contributed by atoms with E-state index in [4.69, 9.17) is 4.74 Å². The summed E-state index contributed by atoms with van der Waals surface area (Å²) in [6.07, 6.45) is 2.63. The van der Waals surface area contributed by atoms with E-state index in [9.17, 15) is 4.39 Å². The number of benzene rings is 1. The molecule has 2 aromatic rings. The molecule has 21 heavy (non-hydrogen) atoms. The number of ether oxygens (including phenoxy) is 1. The number of nitrogens with one attached hydrogen (secondary N) is 1. The molecule has 2 rings (SSSR count). The minimum atomic E-state index is -0.349. The van der Waals surface area contributed by atoms with Gasteiger partial charge in [-0.05, 0) is 47.1 Å². The average Bonchev–Trinajstić information content (AvgIpc) is 2.52. The molecule has 1 aromatic heterocycles. The summed E-state index contributed by atoms with van der Waals surface area (Å²) in [4.78, 5) is 4.38. The van der Waals surface area contributed by atoms with Crippen molar-refractivity contribution in [3.05, 3.63) is 58.1 Å². The maximum atomic E-state index is 14.4. The van der Waals surface area contributed by atoms with Gasteiger partial charge >= 0.3 is 0 Å². The minimum Gasteiger partial charge on any atom is -0.495 e. The highest BCUT2D eigenvalue weighted by molar-refractivity contribution is 9.10. The largest absolute Gasteiger partial charge is 0.495 e. The van der Waals surface area contributed by atoms with Crippen molar-refractivity contribution >= 4 is 15.9 Å². The first-order valence-corrected chi connectivity index (χ1v) is 7.64. The van der Waals surface area contributed by atoms with Crippen LogP contribution in [0.1, 0.15) is 30.6 Å². The quantitative estimate of drug-likeness (QED) is 0.850. The van der Waals surface area contributed by atoms with Crippen molar-refractivity contribution in [2.24, 2.45) is 0 Å². The molecule has 0 radical (unpaired) electrons. The van der Waals surface area contributed by atoms with E-state index < -0.39 is 0 Å². The van der Waals surface area contributed by atoms with Crippen LogP contribution in [-0.2, 0) is 0 Å². The molecule has 0 aliphatic heterocycles. The van der Waals surface area contributed by atoms with Crippen LogP contribution in [0.4, 0.5) is 4.39 Å². The maximum absolute atomic E-state index is 14.4. The second-order valence-corrected chi connectivity index (χ2v) is 5.48. The van der Waals surface area contributed by atoms with Gasteiger partial charge < -0.3 is 10.1 Å². The van der Waals surface area contributed by atoms with Gasteiger partial charge in [-0.15, -0.1) is 0 Å². The Hall–Kier alpha value is -1.46. The molecule has 1 N–H and O–H groups in total. The third-order valence-corrected chi connectivity index (χ3v) is 3.80. The van der Waals surface area contributed by atoms with E-state index in [-0.39, 0.29) is 11.9 Å². The summed E-state index contributed by atoms with van der Waals surface area (Å²) >= 11 is 3.24. The molecule has 0 aliphatic rings. The molecule has 1 unspecified atom stereocenters. The van der Waals surface area contributed by atoms with E-state index in [1.807, 2.05) is 12.1 Å². The van der Waals surface area contributed by atoms with E-state index in [1.165, 1.54) is 0 Å². The molecule has 0 saturated carbocycles. The highest BCUT2D eigenvalue weighted by Crippen LogP contribution is 2.31. The summed E-state index contributed by atoms with van der Waals surface area (Å²) in [6, 6.07) is 8.56. The fourth-order valence-corrected chi connectivity index (χ4v) is 2.56. The van der Waals surface area contributed by atoms with Gasteiger partial charge in [0.05, 0.1) is 17.6 Å². The molecule has 0 bridgehead atoms. The fraction of sp³-hybridized carbons (Fsp3) is 0.312. The van der Waals surface area contributed by atoms with Crippen molar-refractivity contribution in [2.75, 3.05) is 13.7 Å². The van der Waals surface area contributed by atoms with Crippen molar-refractivity contribution in [2.45, 2.75) is 19.4 Å². The van der Waals surface area contributed by atoms with Crippen LogP contribution in [0.2, 0.25) is 0 Å². The average molecular weight is 353 g/mol. The van der Waals surface area contributed by atoms with Gasteiger partial charge in [0.25, 0.3) is 0 Å². The van der Waals surface area contributed by atoms with Crippen LogP contribution in [0.3, 0.4) is 0 Å². The molecule has 1 atom stereocenters. The van der Waals surface area contributed by atoms with Gasteiger partial charge in [0, 0.05) is 11.8 Å². The van der Waals surface area contributed by atoms with E-state index in [0.29, 0.717) is 21.5 Å². The zero-order valence-electron chi connectivity index (χ0n) is 12.1. The van der Waals surface area contributed by atoms with Crippen LogP contribution < -0.4 is 10.1 Å². The van der Waals surface area contributed by atoms with Gasteiger partial charge in [-0.1, -0.05) is 19.1 Å². The van der Waals surface area contributed by atoms with Crippen molar-refractivity contribution in [3.63, 3.8) is 0 Å². The Balaban J connectivity index is 2.50. The molecule has 5 heteroatoms. The number of halogens is 2. The Kier molecular flexibility index (Phi) is 5.70. The Bertz CT molecular complexity index is 607. The molecular formula is C16H18BrFN2O. The number of aromatic nitrogens is 1. The second-order valence-electron chi connectivity index (χ2n) is 4.62. The monoisotopic (exact) mass is 352 g/mol. The van der Waals surface area contributed by atoms with E-state index in [2.05, 4.69) is 33.2 Å². The van der Waals surface area contributed by atoms with Gasteiger partial charge in [0.2, 0.25) is 0 Å². The van der Waals surface area contributed by atoms with E-state index in [0.717, 1.165) is 13.0 Å². The summed E-state index contributed by atoms with van der Waals surface area (Å²) in [7, 11) is 1.59. The van der Waals surface area contributed by atoms with Crippen molar-refractivity contribution in [1.82, 2.24) is 10.3 Å². The zero-order chi connectivity index (χ0) is 15.2. The molecule has 0 saturated heterocycles. The van der Waals surface area contributed by atoms with Crippen LogP contribution in [0, 0.1) is 5.82 Å². The molecule has 112 valence electrons. The lowest BCUT2D eigenvalue weighted by Crippen LogP contribution is -2.25. The zero-order valence-corrected chi connectivity index (χ0v) is 13.7. The Morgan fingerprint density at radius 2 is 2.14 bits per heavy atom. The topological polar surface area (TPSA) is 34.2 Å². The molecule has 0 spiro atoms. The molecule has 0 fully saturated rings. The highest BCUT2D eigenvalue weighted by atomic mass is 79.9. The lowest BCUT2D eigenvalue weighted by molar-refractivity contribution is 0.398. The Morgan fingerprint density at radius 1 is 1.33 bits per heavy atom. The minimum absolute atomic E-state index is 0.279. The standard InChI is InChI=1S/C16H18BrFN2O/c1-3-9-19-15(11-6-4-7-12(17)14(11)18)16-13(21-2)8-5-10-20-16/h4-8,10,15,19H,3,9H2,1-2H3. The number of hydrogen-bond acceptors (Lipinski definition) is 3. The van der Waals surface area contributed by atoms with Crippen LogP contribution in [0.5, 0.6) is 5.75 Å². The van der Waals surface area contributed by atoms with Crippen LogP contribution >= 0.6 is 15.9 Å². The second kappa shape index (κ2) is 7.52. The predicted octanol–water partition coefficient (Wildman–Crippen LogP) is 4.08. The predicted molar refractivity (Wildman–Crippen MR) is 85.0 cm³/mol. The van der Waals surface area contributed by atoms with Gasteiger partial charge in [-0.3, -0.25) is 4.98 Å². The molecular weight excluding hydrogens is 335 g/mol. The summed E-state index contributed by atoms with van der Waals surface area (Å²) in [6.45, 7) is 2.83. The molecule has 1 aromatic carbocycles. The lowest BCUT2D eigenvalue weighted by Gasteiger charge is -2.21. The number of rotatable bonds is 6. The normalized spacial score (nSPS) is 12.2. The Labute approximate surface area is 132 Å². The number of methoxy groups -OCH3 is 1. The number of pyridine rings is 1. The third kappa shape index (κ3) is 3.60. The van der Waals surface area contributed by atoms with Crippen LogP contribution in [0.25, 0.3) is 0 Å². The van der Waals surface area contributed by atoms with Crippen molar-refractivity contribution in [3.8, 4) is 5.75 Å². The van der Waals surface area contributed by atoms with Gasteiger partial charge in [0.1, 0.15) is 17.3 Å². The SMILES string of the molecule is CCCNC(c1cccc(Br)c1F)c1ncccc1OC. The molecule has 0 amide bonds. The van der Waals surface area contributed by atoms with Crippen molar-refractivity contribution in [1.29, 1.82) is 0 Å². The van der Waals surface area contributed by atoms with Crippen LogP contribution in [0.15, 0.2) is 41.0 Å². The summed E-state index contributed by atoms with van der Waals surface area (Å²) in [5, 5.41) is 3.34. The third-order valence-electron chi connectivity index (χ3n) is 3.18. The fourth-order valence-electron chi connectivity index (χ4n) is 2.18. The number of nitrogens with zero attached hydrogens (tertiary/aromatic N) is 1. The summed E-state index contributed by atoms with van der Waals surface area (Å²) in [5.41, 5.74) is 1.24. The van der Waals surface area contributed by atoms with E-state index >= 15 is 0 Å². The molecule has 0 aliphatic carbocycles.